The molecule has 1 N–H and O–H groups in total. The van der Waals surface area contributed by atoms with Gasteiger partial charge in [0, 0.05) is 16.2 Å². The van der Waals surface area contributed by atoms with Gasteiger partial charge in [-0.05, 0) is 29.2 Å². The number of methoxy groups -OCH3 is 1. The third-order valence-electron chi connectivity index (χ3n) is 4.41. The molecule has 0 aliphatic heterocycles. The molecule has 0 radical (unpaired) electrons. The Morgan fingerprint density at radius 1 is 1.04 bits per heavy atom. The molecule has 27 heavy (non-hydrogen) atoms. The predicted molar refractivity (Wildman–Crippen MR) is 110 cm³/mol. The molecule has 0 spiro atoms. The summed E-state index contributed by atoms with van der Waals surface area (Å²) in [5, 5.41) is 10.7. The van der Waals surface area contributed by atoms with Crippen LogP contribution in [0.25, 0.3) is 11.1 Å². The van der Waals surface area contributed by atoms with Crippen molar-refractivity contribution < 1.29 is 14.6 Å². The largest absolute Gasteiger partial charge is 0.507 e. The number of carbonyl (C=O) groups is 1. The average molecular weight is 378 g/mol. The van der Waals surface area contributed by atoms with Crippen molar-refractivity contribution in [3.63, 3.8) is 0 Å². The van der Waals surface area contributed by atoms with Gasteiger partial charge in [0.1, 0.15) is 11.3 Å². The molecule has 0 saturated heterocycles. The standard InChI is InChI=1S/C23H22O3S/c1-3-17-14-19(27-15-16-10-6-4-7-11-16)20(18-12-8-5-9-13-18)21(22(17)24)23(25)26-2/h4-14,24H,3,15H2,1-2H3. The smallest absolute Gasteiger partial charge is 0.342 e. The zero-order valence-electron chi connectivity index (χ0n) is 15.4. The van der Waals surface area contributed by atoms with E-state index in [4.69, 9.17) is 4.74 Å². The molecule has 0 atom stereocenters. The van der Waals surface area contributed by atoms with Gasteiger partial charge in [0.2, 0.25) is 0 Å². The number of phenolic OH excluding ortho intramolecular Hbond substituents is 1. The fourth-order valence-corrected chi connectivity index (χ4v) is 4.12. The predicted octanol–water partition coefficient (Wildman–Crippen LogP) is 5.70. The van der Waals surface area contributed by atoms with Crippen molar-refractivity contribution in [2.75, 3.05) is 7.11 Å². The normalized spacial score (nSPS) is 10.6. The first-order valence-corrected chi connectivity index (χ1v) is 9.83. The van der Waals surface area contributed by atoms with Gasteiger partial charge in [-0.2, -0.15) is 0 Å². The Balaban J connectivity index is 2.16. The molecule has 0 saturated carbocycles. The third-order valence-corrected chi connectivity index (χ3v) is 5.52. The van der Waals surface area contributed by atoms with Crippen LogP contribution >= 0.6 is 11.8 Å². The molecular weight excluding hydrogens is 356 g/mol. The fourth-order valence-electron chi connectivity index (χ4n) is 3.01. The quantitative estimate of drug-likeness (QED) is 0.441. The maximum atomic E-state index is 12.5. The van der Waals surface area contributed by atoms with Crippen LogP contribution in [0, 0.1) is 0 Å². The summed E-state index contributed by atoms with van der Waals surface area (Å²) in [5.41, 5.74) is 3.78. The molecule has 0 amide bonds. The highest BCUT2D eigenvalue weighted by atomic mass is 32.2. The Hall–Kier alpha value is -2.72. The number of aromatic hydroxyl groups is 1. The molecule has 3 aromatic carbocycles. The van der Waals surface area contributed by atoms with Gasteiger partial charge in [-0.25, -0.2) is 4.79 Å². The Bertz CT molecular complexity index is 921. The van der Waals surface area contributed by atoms with Crippen LogP contribution in [-0.2, 0) is 16.9 Å². The zero-order valence-corrected chi connectivity index (χ0v) is 16.3. The van der Waals surface area contributed by atoms with Gasteiger partial charge in [-0.15, -0.1) is 11.8 Å². The molecule has 3 rings (SSSR count). The van der Waals surface area contributed by atoms with E-state index in [0.29, 0.717) is 6.42 Å². The Morgan fingerprint density at radius 2 is 1.67 bits per heavy atom. The number of benzene rings is 3. The number of aryl methyl sites for hydroxylation is 1. The van der Waals surface area contributed by atoms with Crippen molar-refractivity contribution in [3.05, 3.63) is 83.4 Å². The number of hydrogen-bond acceptors (Lipinski definition) is 4. The summed E-state index contributed by atoms with van der Waals surface area (Å²) in [6.07, 6.45) is 0.629. The molecule has 0 bridgehead atoms. The van der Waals surface area contributed by atoms with Crippen LogP contribution in [0.2, 0.25) is 0 Å². The highest BCUT2D eigenvalue weighted by Gasteiger charge is 2.24. The monoisotopic (exact) mass is 378 g/mol. The van der Waals surface area contributed by atoms with Crippen LogP contribution in [0.3, 0.4) is 0 Å². The van der Waals surface area contributed by atoms with Gasteiger partial charge in [0.05, 0.1) is 7.11 Å². The summed E-state index contributed by atoms with van der Waals surface area (Å²) in [7, 11) is 1.34. The van der Waals surface area contributed by atoms with Gasteiger partial charge < -0.3 is 9.84 Å². The first-order chi connectivity index (χ1) is 13.2. The van der Waals surface area contributed by atoms with Crippen LogP contribution in [-0.4, -0.2) is 18.2 Å². The summed E-state index contributed by atoms with van der Waals surface area (Å²) in [6, 6.07) is 21.8. The zero-order chi connectivity index (χ0) is 19.2. The van der Waals surface area contributed by atoms with Crippen molar-refractivity contribution in [2.24, 2.45) is 0 Å². The highest BCUT2D eigenvalue weighted by Crippen LogP contribution is 2.42. The maximum absolute atomic E-state index is 12.5. The van der Waals surface area contributed by atoms with Crippen molar-refractivity contribution >= 4 is 17.7 Å². The van der Waals surface area contributed by atoms with Gasteiger partial charge >= 0.3 is 5.97 Å². The van der Waals surface area contributed by atoms with Gasteiger partial charge in [0.25, 0.3) is 0 Å². The van der Waals surface area contributed by atoms with E-state index in [1.54, 1.807) is 11.8 Å². The second-order valence-corrected chi connectivity index (χ2v) is 7.14. The number of esters is 1. The lowest BCUT2D eigenvalue weighted by Gasteiger charge is -2.18. The Morgan fingerprint density at radius 3 is 2.26 bits per heavy atom. The molecule has 4 heteroatoms. The van der Waals surface area contributed by atoms with E-state index in [1.807, 2.05) is 61.5 Å². The number of rotatable bonds is 6. The summed E-state index contributed by atoms with van der Waals surface area (Å²) >= 11 is 1.66. The van der Waals surface area contributed by atoms with E-state index < -0.39 is 5.97 Å². The molecule has 0 fully saturated rings. The number of carbonyl (C=O) groups excluding carboxylic acids is 1. The number of thioether (sulfide) groups is 1. The Labute approximate surface area is 164 Å². The lowest BCUT2D eigenvalue weighted by Crippen LogP contribution is -2.07. The third kappa shape index (κ3) is 4.17. The van der Waals surface area contributed by atoms with E-state index in [-0.39, 0.29) is 11.3 Å². The van der Waals surface area contributed by atoms with E-state index >= 15 is 0 Å². The summed E-state index contributed by atoms with van der Waals surface area (Å²) in [6.45, 7) is 1.96. The van der Waals surface area contributed by atoms with E-state index in [9.17, 15) is 9.90 Å². The molecule has 0 aliphatic carbocycles. The lowest BCUT2D eigenvalue weighted by atomic mass is 9.95. The summed E-state index contributed by atoms with van der Waals surface area (Å²) in [4.78, 5) is 13.5. The highest BCUT2D eigenvalue weighted by molar-refractivity contribution is 7.98. The molecule has 0 heterocycles. The molecule has 0 aromatic heterocycles. The average Bonchev–Trinajstić information content (AvgIpc) is 2.73. The SMILES string of the molecule is CCc1cc(SCc2ccccc2)c(-c2ccccc2)c(C(=O)OC)c1O. The van der Waals surface area contributed by atoms with Crippen LogP contribution in [0.4, 0.5) is 0 Å². The fraction of sp³-hybridized carbons (Fsp3) is 0.174. The first-order valence-electron chi connectivity index (χ1n) is 8.85. The molecule has 3 nitrogen and oxygen atoms in total. The number of ether oxygens (including phenoxy) is 1. The molecule has 3 aromatic rings. The van der Waals surface area contributed by atoms with E-state index in [0.717, 1.165) is 27.3 Å². The molecule has 0 aliphatic rings. The molecule has 0 unspecified atom stereocenters. The van der Waals surface area contributed by atoms with Crippen molar-refractivity contribution in [3.8, 4) is 16.9 Å². The number of hydrogen-bond donors (Lipinski definition) is 1. The maximum Gasteiger partial charge on any atom is 0.342 e. The van der Waals surface area contributed by atoms with Crippen molar-refractivity contribution in [1.29, 1.82) is 0 Å². The van der Waals surface area contributed by atoms with E-state index in [1.165, 1.54) is 12.7 Å². The minimum absolute atomic E-state index is 0.00673. The molecule has 138 valence electrons. The summed E-state index contributed by atoms with van der Waals surface area (Å²) < 4.78 is 4.99. The van der Waals surface area contributed by atoms with Crippen molar-refractivity contribution in [2.45, 2.75) is 24.0 Å². The summed E-state index contributed by atoms with van der Waals surface area (Å²) in [5.74, 6) is 0.255. The minimum atomic E-state index is -0.525. The first kappa shape index (κ1) is 19.1. The van der Waals surface area contributed by atoms with Gasteiger partial charge in [-0.3, -0.25) is 0 Å². The lowest BCUT2D eigenvalue weighted by molar-refractivity contribution is 0.0598. The number of phenols is 1. The second-order valence-electron chi connectivity index (χ2n) is 6.12. The van der Waals surface area contributed by atoms with Crippen LogP contribution in [0.15, 0.2) is 71.6 Å². The van der Waals surface area contributed by atoms with Crippen molar-refractivity contribution in [1.82, 2.24) is 0 Å². The van der Waals surface area contributed by atoms with Crippen LogP contribution in [0.1, 0.15) is 28.4 Å². The molecular formula is C23H22O3S. The van der Waals surface area contributed by atoms with E-state index in [2.05, 4.69) is 12.1 Å². The van der Waals surface area contributed by atoms with Gasteiger partial charge in [-0.1, -0.05) is 67.6 Å². The topological polar surface area (TPSA) is 46.5 Å². The van der Waals surface area contributed by atoms with Crippen LogP contribution in [0.5, 0.6) is 5.75 Å². The minimum Gasteiger partial charge on any atom is -0.507 e. The van der Waals surface area contributed by atoms with Crippen LogP contribution < -0.4 is 0 Å². The van der Waals surface area contributed by atoms with Gasteiger partial charge in [0.15, 0.2) is 0 Å². The second kappa shape index (κ2) is 8.78. The Kier molecular flexibility index (Phi) is 6.20.